The molecule has 5 nitrogen and oxygen atoms in total. The van der Waals surface area contributed by atoms with Crippen LogP contribution in [-0.4, -0.2) is 34.1 Å². The van der Waals surface area contributed by atoms with Crippen LogP contribution in [0.5, 0.6) is 0 Å². The average molecular weight is 311 g/mol. The Morgan fingerprint density at radius 3 is 2.81 bits per heavy atom. The molecular formula is C15H25N3O2S. The summed E-state index contributed by atoms with van der Waals surface area (Å²) in [5, 5.41) is 8.80. The second-order valence-electron chi connectivity index (χ2n) is 5.71. The van der Waals surface area contributed by atoms with Crippen LogP contribution >= 0.6 is 0 Å². The highest BCUT2D eigenvalue weighted by atomic mass is 32.2. The highest BCUT2D eigenvalue weighted by Gasteiger charge is 2.27. The molecule has 1 saturated heterocycles. The number of hydrogen-bond donors (Lipinski definition) is 2. The van der Waals surface area contributed by atoms with Gasteiger partial charge in [0, 0.05) is 19.1 Å². The number of nitrogens with one attached hydrogen (secondary N) is 1. The molecule has 0 saturated carbocycles. The Kier molecular flexibility index (Phi) is 5.24. The topological polar surface area (TPSA) is 75.4 Å². The van der Waals surface area contributed by atoms with E-state index in [1.807, 2.05) is 12.1 Å². The fraction of sp³-hybridized carbons (Fsp3) is 0.600. The number of benzene rings is 1. The van der Waals surface area contributed by atoms with Crippen molar-refractivity contribution in [1.82, 2.24) is 5.32 Å². The zero-order chi connectivity index (χ0) is 15.5. The third-order valence-corrected chi connectivity index (χ3v) is 5.16. The molecule has 0 aliphatic carbocycles. The molecule has 1 aliphatic rings. The number of sulfonamides is 1. The standard InChI is InChI=1S/C15H25N3O2S/c1-3-17-12(2)13-7-6-10-18(11-13)14-8-4-5-9-15(14)21(16,19)20/h4-5,8-9,12-13,17H,3,6-7,10-11H2,1-2H3,(H2,16,19,20). The van der Waals surface area contributed by atoms with Crippen molar-refractivity contribution >= 4 is 15.7 Å². The van der Waals surface area contributed by atoms with Gasteiger partial charge in [-0.1, -0.05) is 19.1 Å². The molecule has 2 atom stereocenters. The molecule has 1 aliphatic heterocycles. The number of primary sulfonamides is 1. The molecule has 21 heavy (non-hydrogen) atoms. The monoisotopic (exact) mass is 311 g/mol. The summed E-state index contributed by atoms with van der Waals surface area (Å²) in [6, 6.07) is 7.44. The summed E-state index contributed by atoms with van der Waals surface area (Å²) in [6.45, 7) is 6.99. The molecule has 3 N–H and O–H groups in total. The van der Waals surface area contributed by atoms with Crippen LogP contribution in [0.2, 0.25) is 0 Å². The van der Waals surface area contributed by atoms with Crippen LogP contribution in [0.15, 0.2) is 29.2 Å². The number of para-hydroxylation sites is 1. The fourth-order valence-electron chi connectivity index (χ4n) is 3.08. The maximum absolute atomic E-state index is 11.8. The Morgan fingerprint density at radius 2 is 2.14 bits per heavy atom. The van der Waals surface area contributed by atoms with Crippen LogP contribution in [0.1, 0.15) is 26.7 Å². The molecule has 2 rings (SSSR count). The van der Waals surface area contributed by atoms with Gasteiger partial charge in [0.15, 0.2) is 0 Å². The summed E-state index contributed by atoms with van der Waals surface area (Å²) >= 11 is 0. The van der Waals surface area contributed by atoms with Gasteiger partial charge in [-0.2, -0.15) is 0 Å². The van der Waals surface area contributed by atoms with E-state index < -0.39 is 10.0 Å². The molecule has 6 heteroatoms. The maximum Gasteiger partial charge on any atom is 0.240 e. The van der Waals surface area contributed by atoms with Crippen molar-refractivity contribution in [3.05, 3.63) is 24.3 Å². The Morgan fingerprint density at radius 1 is 1.43 bits per heavy atom. The lowest BCUT2D eigenvalue weighted by molar-refractivity contribution is 0.323. The van der Waals surface area contributed by atoms with E-state index in [1.54, 1.807) is 12.1 Å². The van der Waals surface area contributed by atoms with Crippen molar-refractivity contribution in [2.45, 2.75) is 37.6 Å². The van der Waals surface area contributed by atoms with Crippen molar-refractivity contribution in [2.24, 2.45) is 11.1 Å². The summed E-state index contributed by atoms with van der Waals surface area (Å²) in [7, 11) is -3.69. The third kappa shape index (κ3) is 3.96. The SMILES string of the molecule is CCNC(C)C1CCCN(c2ccccc2S(N)(=O)=O)C1. The van der Waals surface area contributed by atoms with E-state index >= 15 is 0 Å². The Labute approximate surface area is 127 Å². The quantitative estimate of drug-likeness (QED) is 0.865. The van der Waals surface area contributed by atoms with Gasteiger partial charge in [0.25, 0.3) is 0 Å². The van der Waals surface area contributed by atoms with Crippen molar-refractivity contribution in [1.29, 1.82) is 0 Å². The first-order chi connectivity index (χ1) is 9.93. The molecular weight excluding hydrogens is 286 g/mol. The Balaban J connectivity index is 2.23. The van der Waals surface area contributed by atoms with Crippen molar-refractivity contribution in [3.63, 3.8) is 0 Å². The first-order valence-corrected chi connectivity index (χ1v) is 9.08. The van der Waals surface area contributed by atoms with Gasteiger partial charge in [0.05, 0.1) is 5.69 Å². The molecule has 0 amide bonds. The second kappa shape index (κ2) is 6.77. The molecule has 0 spiro atoms. The van der Waals surface area contributed by atoms with Crippen molar-refractivity contribution in [3.8, 4) is 0 Å². The first kappa shape index (κ1) is 16.3. The zero-order valence-electron chi connectivity index (χ0n) is 12.7. The number of nitrogens with two attached hydrogens (primary N) is 1. The zero-order valence-corrected chi connectivity index (χ0v) is 13.6. The maximum atomic E-state index is 11.8. The lowest BCUT2D eigenvalue weighted by Crippen LogP contribution is -2.45. The molecule has 1 heterocycles. The third-order valence-electron chi connectivity index (χ3n) is 4.20. The van der Waals surface area contributed by atoms with Gasteiger partial charge < -0.3 is 10.2 Å². The highest BCUT2D eigenvalue weighted by molar-refractivity contribution is 7.89. The largest absolute Gasteiger partial charge is 0.370 e. The normalized spacial score (nSPS) is 21.3. The second-order valence-corrected chi connectivity index (χ2v) is 7.24. The van der Waals surface area contributed by atoms with Gasteiger partial charge in [-0.05, 0) is 44.4 Å². The summed E-state index contributed by atoms with van der Waals surface area (Å²) < 4.78 is 23.5. The van der Waals surface area contributed by atoms with E-state index in [-0.39, 0.29) is 4.90 Å². The summed E-state index contributed by atoms with van der Waals surface area (Å²) in [4.78, 5) is 2.38. The predicted octanol–water partition coefficient (Wildman–Crippen LogP) is 1.55. The lowest BCUT2D eigenvalue weighted by atomic mass is 9.91. The number of anilines is 1. The van der Waals surface area contributed by atoms with Gasteiger partial charge >= 0.3 is 0 Å². The van der Waals surface area contributed by atoms with Crippen LogP contribution in [-0.2, 0) is 10.0 Å². The van der Waals surface area contributed by atoms with Crippen LogP contribution in [0.25, 0.3) is 0 Å². The first-order valence-electron chi connectivity index (χ1n) is 7.53. The Bertz CT molecular complexity index is 574. The minimum atomic E-state index is -3.69. The van der Waals surface area contributed by atoms with E-state index in [4.69, 9.17) is 5.14 Å². The van der Waals surface area contributed by atoms with Gasteiger partial charge in [-0.15, -0.1) is 0 Å². The van der Waals surface area contributed by atoms with E-state index in [1.165, 1.54) is 6.42 Å². The molecule has 0 aromatic heterocycles. The number of rotatable bonds is 5. The van der Waals surface area contributed by atoms with Gasteiger partial charge in [0.1, 0.15) is 4.90 Å². The highest BCUT2D eigenvalue weighted by Crippen LogP contribution is 2.29. The summed E-state index contributed by atoms with van der Waals surface area (Å²) in [6.07, 6.45) is 2.24. The van der Waals surface area contributed by atoms with E-state index in [9.17, 15) is 8.42 Å². The van der Waals surface area contributed by atoms with Crippen LogP contribution in [0, 0.1) is 5.92 Å². The van der Waals surface area contributed by atoms with Crippen molar-refractivity contribution < 1.29 is 8.42 Å². The van der Waals surface area contributed by atoms with Crippen LogP contribution < -0.4 is 15.4 Å². The van der Waals surface area contributed by atoms with E-state index in [0.29, 0.717) is 12.0 Å². The fourth-order valence-corrected chi connectivity index (χ4v) is 3.84. The van der Waals surface area contributed by atoms with Gasteiger partial charge in [-0.25, -0.2) is 13.6 Å². The predicted molar refractivity (Wildman–Crippen MR) is 85.9 cm³/mol. The van der Waals surface area contributed by atoms with Crippen molar-refractivity contribution in [2.75, 3.05) is 24.5 Å². The number of nitrogens with zero attached hydrogens (tertiary/aromatic N) is 1. The number of piperidine rings is 1. The van der Waals surface area contributed by atoms with E-state index in [2.05, 4.69) is 24.1 Å². The van der Waals surface area contributed by atoms with Gasteiger partial charge in [-0.3, -0.25) is 0 Å². The molecule has 118 valence electrons. The molecule has 0 bridgehead atoms. The molecule has 2 unspecified atom stereocenters. The number of hydrogen-bond acceptors (Lipinski definition) is 4. The van der Waals surface area contributed by atoms with Crippen LogP contribution in [0.3, 0.4) is 0 Å². The minimum absolute atomic E-state index is 0.224. The molecule has 0 radical (unpaired) electrons. The lowest BCUT2D eigenvalue weighted by Gasteiger charge is -2.38. The minimum Gasteiger partial charge on any atom is -0.370 e. The summed E-state index contributed by atoms with van der Waals surface area (Å²) in [5.74, 6) is 0.521. The average Bonchev–Trinajstić information content (AvgIpc) is 2.47. The summed E-state index contributed by atoms with van der Waals surface area (Å²) in [5.41, 5.74) is 0.730. The van der Waals surface area contributed by atoms with E-state index in [0.717, 1.165) is 31.7 Å². The smallest absolute Gasteiger partial charge is 0.240 e. The van der Waals surface area contributed by atoms with Gasteiger partial charge in [0.2, 0.25) is 10.0 Å². The molecule has 1 fully saturated rings. The van der Waals surface area contributed by atoms with Crippen LogP contribution in [0.4, 0.5) is 5.69 Å². The molecule has 1 aromatic rings. The molecule has 1 aromatic carbocycles. The Hall–Kier alpha value is -1.11.